The van der Waals surface area contributed by atoms with Crippen molar-refractivity contribution in [1.29, 1.82) is 0 Å². The molecule has 5 heteroatoms. The Morgan fingerprint density at radius 1 is 1.15 bits per heavy atom. The van der Waals surface area contributed by atoms with Gasteiger partial charge in [0, 0.05) is 5.56 Å². The molecule has 0 bridgehead atoms. The average molecular weight is 278 g/mol. The van der Waals surface area contributed by atoms with E-state index < -0.39 is 0 Å². The van der Waals surface area contributed by atoms with E-state index in [2.05, 4.69) is 5.16 Å². The molecule has 20 heavy (non-hydrogen) atoms. The van der Waals surface area contributed by atoms with Crippen LogP contribution in [-0.2, 0) is 4.74 Å². The van der Waals surface area contributed by atoms with Gasteiger partial charge in [0.05, 0.1) is 12.7 Å². The number of hydrogen-bond acceptors (Lipinski definition) is 4. The minimum atomic E-state index is 0.0946. The van der Waals surface area contributed by atoms with Crippen LogP contribution in [0.3, 0.4) is 0 Å². The Morgan fingerprint density at radius 2 is 1.85 bits per heavy atom. The molecule has 0 unspecified atom stereocenters. The van der Waals surface area contributed by atoms with Crippen LogP contribution in [0.4, 0.5) is 0 Å². The number of hydrogen-bond donors (Lipinski definition) is 2. The first-order valence-electron chi connectivity index (χ1n) is 7.12. The summed E-state index contributed by atoms with van der Waals surface area (Å²) < 4.78 is 11.4. The third-order valence-electron chi connectivity index (χ3n) is 3.52. The second-order valence-electron chi connectivity index (χ2n) is 4.99. The number of ether oxygens (including phenoxy) is 2. The molecular weight excluding hydrogens is 256 g/mol. The molecule has 3 N–H and O–H groups in total. The lowest BCUT2D eigenvalue weighted by atomic mass is 9.98. The molecule has 1 saturated carbocycles. The van der Waals surface area contributed by atoms with Crippen LogP contribution in [0.15, 0.2) is 29.4 Å². The van der Waals surface area contributed by atoms with Gasteiger partial charge >= 0.3 is 0 Å². The molecule has 0 amide bonds. The highest BCUT2D eigenvalue weighted by Gasteiger charge is 2.13. The number of nitrogens with zero attached hydrogens (tertiary/aromatic N) is 1. The first-order chi connectivity index (χ1) is 9.79. The van der Waals surface area contributed by atoms with Crippen LogP contribution in [-0.4, -0.2) is 30.4 Å². The van der Waals surface area contributed by atoms with Gasteiger partial charge in [-0.25, -0.2) is 0 Å². The van der Waals surface area contributed by atoms with E-state index in [0.29, 0.717) is 24.9 Å². The number of oxime groups is 1. The van der Waals surface area contributed by atoms with Gasteiger partial charge in [0.15, 0.2) is 5.84 Å². The van der Waals surface area contributed by atoms with Crippen LogP contribution < -0.4 is 10.5 Å². The Morgan fingerprint density at radius 3 is 2.50 bits per heavy atom. The Labute approximate surface area is 119 Å². The maximum absolute atomic E-state index is 8.57. The molecule has 0 aliphatic heterocycles. The maximum atomic E-state index is 8.57. The molecule has 5 nitrogen and oxygen atoms in total. The third kappa shape index (κ3) is 4.42. The van der Waals surface area contributed by atoms with Gasteiger partial charge < -0.3 is 20.4 Å². The summed E-state index contributed by atoms with van der Waals surface area (Å²) >= 11 is 0. The van der Waals surface area contributed by atoms with Crippen molar-refractivity contribution in [3.63, 3.8) is 0 Å². The topological polar surface area (TPSA) is 77.1 Å². The standard InChI is InChI=1S/C15H22N2O3/c16-15(17-18)12-6-8-14(9-7-12)20-11-10-19-13-4-2-1-3-5-13/h6-9,13,18H,1-5,10-11H2,(H2,16,17). The number of benzene rings is 1. The van der Waals surface area contributed by atoms with E-state index in [1.54, 1.807) is 24.3 Å². The Hall–Kier alpha value is -1.75. The van der Waals surface area contributed by atoms with Crippen LogP contribution in [0.2, 0.25) is 0 Å². The van der Waals surface area contributed by atoms with E-state index in [4.69, 9.17) is 20.4 Å². The van der Waals surface area contributed by atoms with Crippen LogP contribution in [0, 0.1) is 0 Å². The molecule has 0 heterocycles. The normalized spacial score (nSPS) is 17.1. The molecule has 1 aromatic carbocycles. The van der Waals surface area contributed by atoms with Gasteiger partial charge in [0.25, 0.3) is 0 Å². The Bertz CT molecular complexity index is 425. The van der Waals surface area contributed by atoms with E-state index in [0.717, 1.165) is 5.75 Å². The fraction of sp³-hybridized carbons (Fsp3) is 0.533. The van der Waals surface area contributed by atoms with Crippen LogP contribution in [0.5, 0.6) is 5.75 Å². The zero-order valence-electron chi connectivity index (χ0n) is 11.6. The van der Waals surface area contributed by atoms with Crippen molar-refractivity contribution in [2.75, 3.05) is 13.2 Å². The first kappa shape index (κ1) is 14.7. The maximum Gasteiger partial charge on any atom is 0.170 e. The quantitative estimate of drug-likeness (QED) is 0.275. The molecule has 0 radical (unpaired) electrons. The highest BCUT2D eigenvalue weighted by atomic mass is 16.5. The smallest absolute Gasteiger partial charge is 0.170 e. The van der Waals surface area contributed by atoms with Crippen LogP contribution >= 0.6 is 0 Å². The second kappa shape index (κ2) is 7.75. The molecule has 0 aromatic heterocycles. The van der Waals surface area contributed by atoms with E-state index in [1.165, 1.54) is 32.1 Å². The zero-order valence-corrected chi connectivity index (χ0v) is 11.6. The van der Waals surface area contributed by atoms with Gasteiger partial charge in [0.2, 0.25) is 0 Å². The Balaban J connectivity index is 1.68. The monoisotopic (exact) mass is 278 g/mol. The van der Waals surface area contributed by atoms with Gasteiger partial charge in [-0.1, -0.05) is 24.4 Å². The molecule has 0 saturated heterocycles. The van der Waals surface area contributed by atoms with Gasteiger partial charge in [-0.05, 0) is 37.1 Å². The number of nitrogens with two attached hydrogens (primary N) is 1. The van der Waals surface area contributed by atoms with Gasteiger partial charge in [-0.15, -0.1) is 0 Å². The lowest BCUT2D eigenvalue weighted by Gasteiger charge is -2.21. The largest absolute Gasteiger partial charge is 0.491 e. The molecule has 0 atom stereocenters. The fourth-order valence-corrected chi connectivity index (χ4v) is 2.39. The number of rotatable bonds is 6. The van der Waals surface area contributed by atoms with Crippen molar-refractivity contribution in [2.45, 2.75) is 38.2 Å². The molecular formula is C15H22N2O3. The minimum Gasteiger partial charge on any atom is -0.491 e. The predicted molar refractivity (Wildman–Crippen MR) is 77.3 cm³/mol. The molecule has 1 aliphatic rings. The van der Waals surface area contributed by atoms with E-state index in [9.17, 15) is 0 Å². The predicted octanol–water partition coefficient (Wildman–Crippen LogP) is 2.51. The third-order valence-corrected chi connectivity index (χ3v) is 3.52. The summed E-state index contributed by atoms with van der Waals surface area (Å²) in [6.45, 7) is 1.16. The number of amidine groups is 1. The molecule has 1 fully saturated rings. The summed E-state index contributed by atoms with van der Waals surface area (Å²) in [6.07, 6.45) is 6.66. The van der Waals surface area contributed by atoms with Crippen LogP contribution in [0.1, 0.15) is 37.7 Å². The summed E-state index contributed by atoms with van der Waals surface area (Å²) in [5, 5.41) is 11.5. The van der Waals surface area contributed by atoms with Gasteiger partial charge in [-0.3, -0.25) is 0 Å². The SMILES string of the molecule is NC(=NO)c1ccc(OCCOC2CCCCC2)cc1. The molecule has 2 rings (SSSR count). The van der Waals surface area contributed by atoms with Crippen molar-refractivity contribution in [1.82, 2.24) is 0 Å². The highest BCUT2D eigenvalue weighted by molar-refractivity contribution is 5.97. The van der Waals surface area contributed by atoms with Crippen LogP contribution in [0.25, 0.3) is 0 Å². The van der Waals surface area contributed by atoms with Gasteiger partial charge in [0.1, 0.15) is 12.4 Å². The lowest BCUT2D eigenvalue weighted by Crippen LogP contribution is -2.19. The van der Waals surface area contributed by atoms with E-state index in [-0.39, 0.29) is 5.84 Å². The molecule has 1 aliphatic carbocycles. The summed E-state index contributed by atoms with van der Waals surface area (Å²) in [5.74, 6) is 0.851. The summed E-state index contributed by atoms with van der Waals surface area (Å²) in [6, 6.07) is 7.11. The first-order valence-corrected chi connectivity index (χ1v) is 7.12. The fourth-order valence-electron chi connectivity index (χ4n) is 2.39. The molecule has 110 valence electrons. The van der Waals surface area contributed by atoms with E-state index >= 15 is 0 Å². The van der Waals surface area contributed by atoms with Gasteiger partial charge in [-0.2, -0.15) is 0 Å². The molecule has 1 aromatic rings. The summed E-state index contributed by atoms with van der Waals surface area (Å²) in [7, 11) is 0. The Kier molecular flexibility index (Phi) is 5.68. The van der Waals surface area contributed by atoms with Crippen molar-refractivity contribution < 1.29 is 14.7 Å². The average Bonchev–Trinajstić information content (AvgIpc) is 2.52. The van der Waals surface area contributed by atoms with Crippen molar-refractivity contribution in [2.24, 2.45) is 10.9 Å². The summed E-state index contributed by atoms with van der Waals surface area (Å²) in [4.78, 5) is 0. The van der Waals surface area contributed by atoms with E-state index in [1.807, 2.05) is 0 Å². The van der Waals surface area contributed by atoms with Crippen molar-refractivity contribution in [3.05, 3.63) is 29.8 Å². The zero-order chi connectivity index (χ0) is 14.2. The van der Waals surface area contributed by atoms with Crippen molar-refractivity contribution in [3.8, 4) is 5.75 Å². The molecule has 0 spiro atoms. The summed E-state index contributed by atoms with van der Waals surface area (Å²) in [5.41, 5.74) is 6.15. The minimum absolute atomic E-state index is 0.0946. The van der Waals surface area contributed by atoms with Crippen molar-refractivity contribution >= 4 is 5.84 Å². The lowest BCUT2D eigenvalue weighted by molar-refractivity contribution is 0.0129. The highest BCUT2D eigenvalue weighted by Crippen LogP contribution is 2.20. The second-order valence-corrected chi connectivity index (χ2v) is 4.99.